The number of carbonyl (C=O) groups excluding carboxylic acids is 2. The van der Waals surface area contributed by atoms with Crippen LogP contribution in [0.25, 0.3) is 0 Å². The highest BCUT2D eigenvalue weighted by atomic mass is 16.5. The third-order valence-electron chi connectivity index (χ3n) is 2.98. The van der Waals surface area contributed by atoms with Gasteiger partial charge in [-0.05, 0) is 34.1 Å². The molecule has 1 amide bonds. The molecule has 0 saturated heterocycles. The zero-order valence-electron chi connectivity index (χ0n) is 13.4. The summed E-state index contributed by atoms with van der Waals surface area (Å²) in [7, 11) is 0. The number of ketones is 1. The first-order valence-electron chi connectivity index (χ1n) is 6.91. The highest BCUT2D eigenvalue weighted by Crippen LogP contribution is 2.19. The predicted molar refractivity (Wildman–Crippen MR) is 77.0 cm³/mol. The minimum Gasteiger partial charge on any atom is -0.375 e. The second kappa shape index (κ2) is 7.04. The van der Waals surface area contributed by atoms with Crippen molar-refractivity contribution in [2.45, 2.75) is 72.4 Å². The Morgan fingerprint density at radius 1 is 1.16 bits per heavy atom. The maximum Gasteiger partial charge on any atom is 0.217 e. The Labute approximate surface area is 117 Å². The van der Waals surface area contributed by atoms with Crippen LogP contribution in [0.15, 0.2) is 0 Å². The van der Waals surface area contributed by atoms with Crippen molar-refractivity contribution in [1.29, 1.82) is 0 Å². The van der Waals surface area contributed by atoms with Crippen LogP contribution < -0.4 is 5.32 Å². The molecule has 112 valence electrons. The molecule has 0 radical (unpaired) electrons. The number of carbonyl (C=O) groups is 2. The second-order valence-corrected chi connectivity index (χ2v) is 6.72. The van der Waals surface area contributed by atoms with Crippen LogP contribution >= 0.6 is 0 Å². The second-order valence-electron chi connectivity index (χ2n) is 6.72. The van der Waals surface area contributed by atoms with Gasteiger partial charge in [0, 0.05) is 31.4 Å². The number of Topliss-reactive ketones (excluding diaryl/α,β-unsaturated/α-hetero) is 1. The molecule has 19 heavy (non-hydrogen) atoms. The highest BCUT2D eigenvalue weighted by Gasteiger charge is 2.26. The molecule has 1 N–H and O–H groups in total. The minimum atomic E-state index is -0.451. The van der Waals surface area contributed by atoms with Gasteiger partial charge in [0.25, 0.3) is 0 Å². The van der Waals surface area contributed by atoms with E-state index in [-0.39, 0.29) is 23.1 Å². The van der Waals surface area contributed by atoms with Crippen molar-refractivity contribution in [2.75, 3.05) is 6.61 Å². The molecule has 0 aromatic heterocycles. The lowest BCUT2D eigenvalue weighted by atomic mass is 9.95. The van der Waals surface area contributed by atoms with Gasteiger partial charge in [0.2, 0.25) is 5.91 Å². The van der Waals surface area contributed by atoms with Crippen LogP contribution in [-0.2, 0) is 14.3 Å². The number of nitrogens with one attached hydrogen (secondary N) is 1. The Hall–Kier alpha value is -0.900. The Bertz CT molecular complexity index is 319. The molecule has 0 rings (SSSR count). The first-order chi connectivity index (χ1) is 8.45. The van der Waals surface area contributed by atoms with Gasteiger partial charge in [0.1, 0.15) is 5.78 Å². The SMILES string of the molecule is CC(=O)NC(C)(C)CCOC(C)(C)CC(=O)C(C)C. The van der Waals surface area contributed by atoms with Gasteiger partial charge >= 0.3 is 0 Å². The van der Waals surface area contributed by atoms with Crippen LogP contribution in [-0.4, -0.2) is 29.4 Å². The molecule has 0 aromatic rings. The van der Waals surface area contributed by atoms with Crippen molar-refractivity contribution in [3.05, 3.63) is 0 Å². The van der Waals surface area contributed by atoms with E-state index in [0.717, 1.165) is 0 Å². The fraction of sp³-hybridized carbons (Fsp3) is 0.867. The van der Waals surface area contributed by atoms with Crippen molar-refractivity contribution >= 4 is 11.7 Å². The van der Waals surface area contributed by atoms with E-state index in [1.807, 2.05) is 41.5 Å². The van der Waals surface area contributed by atoms with E-state index < -0.39 is 5.60 Å². The van der Waals surface area contributed by atoms with E-state index in [0.29, 0.717) is 19.4 Å². The lowest BCUT2D eigenvalue weighted by Gasteiger charge is -2.30. The van der Waals surface area contributed by atoms with Crippen molar-refractivity contribution in [2.24, 2.45) is 5.92 Å². The molecule has 0 atom stereocenters. The van der Waals surface area contributed by atoms with Crippen LogP contribution in [0.4, 0.5) is 0 Å². The fourth-order valence-corrected chi connectivity index (χ4v) is 1.80. The lowest BCUT2D eigenvalue weighted by molar-refractivity contribution is -0.128. The summed E-state index contributed by atoms with van der Waals surface area (Å²) in [4.78, 5) is 22.8. The molecular weight excluding hydrogens is 242 g/mol. The zero-order chi connectivity index (χ0) is 15.3. The Kier molecular flexibility index (Phi) is 6.70. The van der Waals surface area contributed by atoms with E-state index in [9.17, 15) is 9.59 Å². The van der Waals surface area contributed by atoms with Crippen molar-refractivity contribution < 1.29 is 14.3 Å². The smallest absolute Gasteiger partial charge is 0.217 e. The molecule has 4 nitrogen and oxygen atoms in total. The van der Waals surface area contributed by atoms with E-state index >= 15 is 0 Å². The van der Waals surface area contributed by atoms with Gasteiger partial charge in [-0.2, -0.15) is 0 Å². The summed E-state index contributed by atoms with van der Waals surface area (Å²) in [6.45, 7) is 13.6. The molecule has 0 heterocycles. The maximum atomic E-state index is 11.7. The molecule has 0 bridgehead atoms. The fourth-order valence-electron chi connectivity index (χ4n) is 1.80. The molecule has 0 fully saturated rings. The van der Waals surface area contributed by atoms with Crippen molar-refractivity contribution in [3.63, 3.8) is 0 Å². The van der Waals surface area contributed by atoms with Gasteiger partial charge in [-0.15, -0.1) is 0 Å². The quantitative estimate of drug-likeness (QED) is 0.738. The Morgan fingerprint density at radius 2 is 1.68 bits per heavy atom. The normalized spacial score (nSPS) is 12.6. The van der Waals surface area contributed by atoms with Gasteiger partial charge in [-0.25, -0.2) is 0 Å². The molecule has 0 saturated carbocycles. The molecule has 0 aromatic carbocycles. The molecule has 0 aliphatic carbocycles. The van der Waals surface area contributed by atoms with Gasteiger partial charge in [0.15, 0.2) is 0 Å². The predicted octanol–water partition coefficient (Wildman–Crippen LogP) is 2.70. The Morgan fingerprint density at radius 3 is 2.11 bits per heavy atom. The molecule has 0 unspecified atom stereocenters. The number of hydrogen-bond donors (Lipinski definition) is 1. The van der Waals surface area contributed by atoms with E-state index in [1.165, 1.54) is 6.92 Å². The first kappa shape index (κ1) is 18.1. The summed E-state index contributed by atoms with van der Waals surface area (Å²) in [5.41, 5.74) is -0.738. The molecule has 0 spiro atoms. The summed E-state index contributed by atoms with van der Waals surface area (Å²) in [5, 5.41) is 2.88. The average Bonchev–Trinajstić information content (AvgIpc) is 2.12. The number of rotatable bonds is 8. The lowest BCUT2D eigenvalue weighted by Crippen LogP contribution is -2.43. The van der Waals surface area contributed by atoms with Crippen molar-refractivity contribution in [3.8, 4) is 0 Å². The monoisotopic (exact) mass is 271 g/mol. The van der Waals surface area contributed by atoms with Crippen LogP contribution in [0, 0.1) is 5.92 Å². The summed E-state index contributed by atoms with van der Waals surface area (Å²) in [6.07, 6.45) is 1.14. The van der Waals surface area contributed by atoms with E-state index in [4.69, 9.17) is 4.74 Å². The molecule has 0 aliphatic heterocycles. The minimum absolute atomic E-state index is 0.0405. The standard InChI is InChI=1S/C15H29NO3/c1-11(2)13(18)10-15(6,7)19-9-8-14(4,5)16-12(3)17/h11H,8-10H2,1-7H3,(H,16,17). The first-order valence-corrected chi connectivity index (χ1v) is 6.91. The maximum absolute atomic E-state index is 11.7. The Balaban J connectivity index is 4.18. The van der Waals surface area contributed by atoms with E-state index in [2.05, 4.69) is 5.32 Å². The summed E-state index contributed by atoms with van der Waals surface area (Å²) in [6, 6.07) is 0. The van der Waals surface area contributed by atoms with Crippen LogP contribution in [0.2, 0.25) is 0 Å². The highest BCUT2D eigenvalue weighted by molar-refractivity contribution is 5.81. The van der Waals surface area contributed by atoms with Gasteiger partial charge in [0.05, 0.1) is 5.60 Å². The molecule has 4 heteroatoms. The summed E-state index contributed by atoms with van der Waals surface area (Å²) < 4.78 is 5.80. The van der Waals surface area contributed by atoms with Crippen LogP contribution in [0.1, 0.15) is 61.3 Å². The topological polar surface area (TPSA) is 55.4 Å². The summed E-state index contributed by atoms with van der Waals surface area (Å²) >= 11 is 0. The third kappa shape index (κ3) is 8.76. The van der Waals surface area contributed by atoms with Gasteiger partial charge < -0.3 is 10.1 Å². The average molecular weight is 271 g/mol. The number of ether oxygens (including phenoxy) is 1. The van der Waals surface area contributed by atoms with Gasteiger partial charge in [-0.1, -0.05) is 13.8 Å². The molecular formula is C15H29NO3. The zero-order valence-corrected chi connectivity index (χ0v) is 13.4. The summed E-state index contributed by atoms with van der Waals surface area (Å²) in [5.74, 6) is 0.212. The van der Waals surface area contributed by atoms with Crippen molar-refractivity contribution in [1.82, 2.24) is 5.32 Å². The molecule has 0 aliphatic rings. The third-order valence-corrected chi connectivity index (χ3v) is 2.98. The largest absolute Gasteiger partial charge is 0.375 e. The van der Waals surface area contributed by atoms with Gasteiger partial charge in [-0.3, -0.25) is 9.59 Å². The van der Waals surface area contributed by atoms with Crippen LogP contribution in [0.5, 0.6) is 0 Å². The van der Waals surface area contributed by atoms with Crippen LogP contribution in [0.3, 0.4) is 0 Å². The van der Waals surface area contributed by atoms with E-state index in [1.54, 1.807) is 0 Å². The number of amides is 1. The number of hydrogen-bond acceptors (Lipinski definition) is 3.